The topological polar surface area (TPSA) is 48.3 Å². The van der Waals surface area contributed by atoms with Gasteiger partial charge in [-0.15, -0.1) is 0 Å². The van der Waals surface area contributed by atoms with Gasteiger partial charge in [-0.25, -0.2) is 4.98 Å². The number of nitrogens with zero attached hydrogens (tertiary/aromatic N) is 2. The van der Waals surface area contributed by atoms with Crippen LogP contribution in [0, 0.1) is 5.92 Å². The minimum absolute atomic E-state index is 0.275. The van der Waals surface area contributed by atoms with Crippen molar-refractivity contribution in [2.24, 2.45) is 5.92 Å². The lowest BCUT2D eigenvalue weighted by Crippen LogP contribution is -2.17. The number of methoxy groups -OCH3 is 1. The van der Waals surface area contributed by atoms with E-state index in [9.17, 15) is 0 Å². The quantitative estimate of drug-likeness (QED) is 0.687. The van der Waals surface area contributed by atoms with E-state index in [4.69, 9.17) is 9.47 Å². The number of hydrogen-bond donors (Lipinski definition) is 1. The summed E-state index contributed by atoms with van der Waals surface area (Å²) in [4.78, 5) is 4.29. The minimum Gasteiger partial charge on any atom is -0.383 e. The Labute approximate surface area is 109 Å². The molecule has 1 heterocycles. The first-order valence-electron chi connectivity index (χ1n) is 6.48. The summed E-state index contributed by atoms with van der Waals surface area (Å²) in [5.74, 6) is 1.45. The second-order valence-electron chi connectivity index (χ2n) is 4.86. The second-order valence-corrected chi connectivity index (χ2v) is 4.86. The van der Waals surface area contributed by atoms with Crippen LogP contribution < -0.4 is 5.32 Å². The van der Waals surface area contributed by atoms with Crippen LogP contribution in [-0.2, 0) is 9.47 Å². The largest absolute Gasteiger partial charge is 0.383 e. The van der Waals surface area contributed by atoms with Crippen LogP contribution in [0.2, 0.25) is 0 Å². The Kier molecular flexibility index (Phi) is 6.75. The molecule has 0 spiro atoms. The molecule has 0 aliphatic carbocycles. The molecule has 1 rings (SSSR count). The number of ether oxygens (including phenoxy) is 2. The monoisotopic (exact) mass is 255 g/mol. The summed E-state index contributed by atoms with van der Waals surface area (Å²) in [5.41, 5.74) is 0. The summed E-state index contributed by atoms with van der Waals surface area (Å²) in [5, 5.41) is 3.28. The molecule has 0 saturated heterocycles. The van der Waals surface area contributed by atoms with Crippen molar-refractivity contribution < 1.29 is 9.47 Å². The number of anilines is 1. The lowest BCUT2D eigenvalue weighted by Gasteiger charge is -2.16. The summed E-state index contributed by atoms with van der Waals surface area (Å²) in [6.45, 7) is 9.34. The molecule has 5 nitrogen and oxygen atoms in total. The molecule has 0 fully saturated rings. The van der Waals surface area contributed by atoms with Crippen LogP contribution in [0.4, 0.5) is 5.95 Å². The molecule has 18 heavy (non-hydrogen) atoms. The van der Waals surface area contributed by atoms with Crippen molar-refractivity contribution in [1.82, 2.24) is 9.55 Å². The second kappa shape index (κ2) is 8.11. The molecule has 5 heteroatoms. The highest BCUT2D eigenvalue weighted by Crippen LogP contribution is 2.13. The highest BCUT2D eigenvalue weighted by atomic mass is 16.5. The fourth-order valence-corrected chi connectivity index (χ4v) is 1.68. The zero-order valence-electron chi connectivity index (χ0n) is 11.8. The van der Waals surface area contributed by atoms with Crippen molar-refractivity contribution in [2.45, 2.75) is 26.8 Å². The van der Waals surface area contributed by atoms with Gasteiger partial charge in [-0.1, -0.05) is 13.8 Å². The Morgan fingerprint density at radius 1 is 1.33 bits per heavy atom. The molecular weight excluding hydrogens is 230 g/mol. The van der Waals surface area contributed by atoms with Gasteiger partial charge in [-0.3, -0.25) is 0 Å². The van der Waals surface area contributed by atoms with E-state index >= 15 is 0 Å². The summed E-state index contributed by atoms with van der Waals surface area (Å²) >= 11 is 0. The van der Waals surface area contributed by atoms with Crippen molar-refractivity contribution in [3.63, 3.8) is 0 Å². The van der Waals surface area contributed by atoms with Crippen LogP contribution in [-0.4, -0.2) is 43.0 Å². The molecule has 1 aromatic rings. The zero-order chi connectivity index (χ0) is 13.4. The van der Waals surface area contributed by atoms with E-state index < -0.39 is 0 Å². The van der Waals surface area contributed by atoms with E-state index in [-0.39, 0.29) is 6.04 Å². The first-order chi connectivity index (χ1) is 8.65. The zero-order valence-corrected chi connectivity index (χ0v) is 11.8. The Morgan fingerprint density at radius 3 is 2.78 bits per heavy atom. The maximum Gasteiger partial charge on any atom is 0.203 e. The first-order valence-corrected chi connectivity index (χ1v) is 6.48. The van der Waals surface area contributed by atoms with Gasteiger partial charge in [0, 0.05) is 32.7 Å². The highest BCUT2D eigenvalue weighted by molar-refractivity contribution is 5.26. The molecule has 0 radical (unpaired) electrons. The predicted molar refractivity (Wildman–Crippen MR) is 73.0 cm³/mol. The fraction of sp³-hybridized carbons (Fsp3) is 0.769. The lowest BCUT2D eigenvalue weighted by atomic mass is 10.2. The van der Waals surface area contributed by atoms with Crippen molar-refractivity contribution in [3.05, 3.63) is 12.4 Å². The van der Waals surface area contributed by atoms with Crippen molar-refractivity contribution in [3.8, 4) is 0 Å². The lowest BCUT2D eigenvalue weighted by molar-refractivity contribution is 0.118. The molecular formula is C13H25N3O2. The third-order valence-electron chi connectivity index (χ3n) is 2.53. The van der Waals surface area contributed by atoms with E-state index in [1.54, 1.807) is 13.3 Å². The van der Waals surface area contributed by atoms with Crippen LogP contribution in [0.25, 0.3) is 0 Å². The summed E-state index contributed by atoms with van der Waals surface area (Å²) in [6.07, 6.45) is 3.75. The number of aromatic nitrogens is 2. The third-order valence-corrected chi connectivity index (χ3v) is 2.53. The van der Waals surface area contributed by atoms with Crippen molar-refractivity contribution >= 4 is 5.95 Å². The summed E-state index contributed by atoms with van der Waals surface area (Å²) < 4.78 is 12.7. The third kappa shape index (κ3) is 5.06. The van der Waals surface area contributed by atoms with Gasteiger partial charge in [0.05, 0.1) is 19.3 Å². The van der Waals surface area contributed by atoms with Gasteiger partial charge in [0.1, 0.15) is 0 Å². The summed E-state index contributed by atoms with van der Waals surface area (Å²) in [7, 11) is 1.71. The van der Waals surface area contributed by atoms with Gasteiger partial charge >= 0.3 is 0 Å². The van der Waals surface area contributed by atoms with Crippen molar-refractivity contribution in [1.29, 1.82) is 0 Å². The number of rotatable bonds is 9. The fourth-order valence-electron chi connectivity index (χ4n) is 1.68. The minimum atomic E-state index is 0.275. The molecule has 1 unspecified atom stereocenters. The highest BCUT2D eigenvalue weighted by Gasteiger charge is 2.08. The number of nitrogens with one attached hydrogen (secondary N) is 1. The maximum absolute atomic E-state index is 5.52. The molecule has 1 N–H and O–H groups in total. The summed E-state index contributed by atoms with van der Waals surface area (Å²) in [6, 6.07) is 0.275. The maximum atomic E-state index is 5.52. The van der Waals surface area contributed by atoms with Gasteiger partial charge in [0.2, 0.25) is 5.95 Å². The van der Waals surface area contributed by atoms with E-state index in [2.05, 4.69) is 35.6 Å². The van der Waals surface area contributed by atoms with E-state index in [0.29, 0.717) is 19.1 Å². The SMILES string of the molecule is COCC(C)n1ccnc1NCCOCC(C)C. The molecule has 1 aromatic heterocycles. The van der Waals surface area contributed by atoms with E-state index in [0.717, 1.165) is 19.1 Å². The van der Waals surface area contributed by atoms with E-state index in [1.165, 1.54) is 0 Å². The van der Waals surface area contributed by atoms with Crippen LogP contribution >= 0.6 is 0 Å². The molecule has 0 saturated carbocycles. The standard InChI is InChI=1S/C13H25N3O2/c1-11(2)9-18-8-6-15-13-14-5-7-16(13)12(3)10-17-4/h5,7,11-12H,6,8-10H2,1-4H3,(H,14,15). The Balaban J connectivity index is 2.31. The van der Waals surface area contributed by atoms with Crippen LogP contribution in [0.1, 0.15) is 26.8 Å². The Bertz CT molecular complexity index is 326. The predicted octanol–water partition coefficient (Wildman–Crippen LogP) is 2.17. The van der Waals surface area contributed by atoms with Gasteiger partial charge in [-0.05, 0) is 12.8 Å². The number of imidazole rings is 1. The molecule has 0 aliphatic rings. The van der Waals surface area contributed by atoms with Gasteiger partial charge < -0.3 is 19.4 Å². The molecule has 104 valence electrons. The van der Waals surface area contributed by atoms with Gasteiger partial charge in [0.25, 0.3) is 0 Å². The molecule has 0 bridgehead atoms. The Morgan fingerprint density at radius 2 is 2.11 bits per heavy atom. The van der Waals surface area contributed by atoms with Crippen LogP contribution in [0.15, 0.2) is 12.4 Å². The molecule has 0 aliphatic heterocycles. The van der Waals surface area contributed by atoms with Crippen LogP contribution in [0.5, 0.6) is 0 Å². The molecule has 0 aromatic carbocycles. The Hall–Kier alpha value is -1.07. The van der Waals surface area contributed by atoms with Gasteiger partial charge in [-0.2, -0.15) is 0 Å². The number of hydrogen-bond acceptors (Lipinski definition) is 4. The van der Waals surface area contributed by atoms with E-state index in [1.807, 2.05) is 6.20 Å². The van der Waals surface area contributed by atoms with Crippen LogP contribution in [0.3, 0.4) is 0 Å². The van der Waals surface area contributed by atoms with Gasteiger partial charge in [0.15, 0.2) is 0 Å². The normalized spacial score (nSPS) is 12.9. The molecule has 1 atom stereocenters. The molecule has 0 amide bonds. The average molecular weight is 255 g/mol. The first kappa shape index (κ1) is 15.0. The van der Waals surface area contributed by atoms with Crippen molar-refractivity contribution in [2.75, 3.05) is 38.8 Å². The smallest absolute Gasteiger partial charge is 0.203 e. The average Bonchev–Trinajstić information content (AvgIpc) is 2.77.